The van der Waals surface area contributed by atoms with E-state index in [1.54, 1.807) is 6.07 Å². The second kappa shape index (κ2) is 6.72. The fourth-order valence-corrected chi connectivity index (χ4v) is 3.57. The number of ether oxygens (including phenoxy) is 1. The van der Waals surface area contributed by atoms with Gasteiger partial charge in [0.05, 0.1) is 31.2 Å². The van der Waals surface area contributed by atoms with Gasteiger partial charge in [0.25, 0.3) is 0 Å². The van der Waals surface area contributed by atoms with Crippen LogP contribution in [-0.4, -0.2) is 36.1 Å². The average Bonchev–Trinajstić information content (AvgIpc) is 3.28. The maximum atomic E-state index is 11.5. The Bertz CT molecular complexity index is 842. The van der Waals surface area contributed by atoms with Gasteiger partial charge in [0.1, 0.15) is 12.4 Å². The van der Waals surface area contributed by atoms with E-state index in [2.05, 4.69) is 15.8 Å². The topological polar surface area (TPSA) is 72.6 Å². The van der Waals surface area contributed by atoms with Crippen molar-refractivity contribution in [1.29, 1.82) is 0 Å². The first kappa shape index (κ1) is 15.9. The number of furan rings is 1. The number of likely N-dealkylation sites (tertiary alicyclic amines) is 1. The zero-order chi connectivity index (χ0) is 17.2. The Kier molecular flexibility index (Phi) is 4.28. The van der Waals surface area contributed by atoms with Gasteiger partial charge in [-0.05, 0) is 24.3 Å². The molecule has 4 rings (SSSR count). The number of piperidine rings is 1. The highest BCUT2D eigenvalue weighted by Crippen LogP contribution is 2.24. The number of esters is 1. The van der Waals surface area contributed by atoms with E-state index in [0.29, 0.717) is 5.92 Å². The van der Waals surface area contributed by atoms with E-state index in [9.17, 15) is 4.79 Å². The molecule has 6 heteroatoms. The summed E-state index contributed by atoms with van der Waals surface area (Å²) in [7, 11) is 1.36. The minimum absolute atomic E-state index is 0.272. The number of H-pyrrole nitrogens is 1. The summed E-state index contributed by atoms with van der Waals surface area (Å²) < 4.78 is 10.3. The lowest BCUT2D eigenvalue weighted by atomic mass is 9.96. The zero-order valence-corrected chi connectivity index (χ0v) is 14.2. The van der Waals surface area contributed by atoms with Gasteiger partial charge in [-0.2, -0.15) is 0 Å². The lowest BCUT2D eigenvalue weighted by Crippen LogP contribution is -3.11. The molecule has 0 radical (unpaired) electrons. The van der Waals surface area contributed by atoms with Gasteiger partial charge in [-0.15, -0.1) is 0 Å². The molecule has 0 atom stereocenters. The molecule has 1 aliphatic rings. The number of methoxy groups -OCH3 is 1. The summed E-state index contributed by atoms with van der Waals surface area (Å²) in [5.74, 6) is 2.26. The molecule has 2 aromatic heterocycles. The fourth-order valence-electron chi connectivity index (χ4n) is 3.57. The maximum Gasteiger partial charge on any atom is 0.373 e. The van der Waals surface area contributed by atoms with E-state index in [1.807, 2.05) is 24.3 Å². The molecule has 3 aromatic rings. The zero-order valence-electron chi connectivity index (χ0n) is 14.2. The third kappa shape index (κ3) is 3.30. The molecular formula is C19H22N3O3+. The number of nitrogens with zero attached hydrogens (tertiary/aromatic N) is 1. The van der Waals surface area contributed by atoms with Gasteiger partial charge in [-0.3, -0.25) is 0 Å². The van der Waals surface area contributed by atoms with E-state index in [1.165, 1.54) is 12.0 Å². The van der Waals surface area contributed by atoms with Gasteiger partial charge in [0.2, 0.25) is 5.76 Å². The summed E-state index contributed by atoms with van der Waals surface area (Å²) in [6, 6.07) is 11.7. The minimum atomic E-state index is -0.426. The molecule has 0 aliphatic carbocycles. The van der Waals surface area contributed by atoms with Crippen LogP contribution in [0.25, 0.3) is 11.0 Å². The van der Waals surface area contributed by atoms with Crippen LogP contribution < -0.4 is 4.90 Å². The number of aromatic amines is 1. The van der Waals surface area contributed by atoms with Crippen molar-refractivity contribution in [1.82, 2.24) is 9.97 Å². The van der Waals surface area contributed by atoms with Crippen LogP contribution in [0.5, 0.6) is 0 Å². The molecule has 1 aromatic carbocycles. The van der Waals surface area contributed by atoms with Crippen molar-refractivity contribution in [3.8, 4) is 0 Å². The maximum absolute atomic E-state index is 11.5. The van der Waals surface area contributed by atoms with E-state index < -0.39 is 5.97 Å². The summed E-state index contributed by atoms with van der Waals surface area (Å²) >= 11 is 0. The Hall–Kier alpha value is -2.60. The summed E-state index contributed by atoms with van der Waals surface area (Å²) in [6.45, 7) is 2.93. The highest BCUT2D eigenvalue weighted by Gasteiger charge is 2.26. The molecule has 2 N–H and O–H groups in total. The standard InChI is InChI=1S/C19H21N3O3/c1-24-19(23)17-7-6-14(25-17)12-22-10-8-13(9-11-22)18-20-15-4-2-3-5-16(15)21-18/h2-7,13H,8-12H2,1H3,(H,20,21)/p+1. The highest BCUT2D eigenvalue weighted by atomic mass is 16.5. The number of benzene rings is 1. The van der Waals surface area contributed by atoms with Crippen LogP contribution in [0.1, 0.15) is 40.9 Å². The number of quaternary nitrogens is 1. The van der Waals surface area contributed by atoms with E-state index in [0.717, 1.165) is 55.1 Å². The lowest BCUT2D eigenvalue weighted by Gasteiger charge is -2.27. The number of rotatable bonds is 4. The van der Waals surface area contributed by atoms with Crippen LogP contribution >= 0.6 is 0 Å². The molecular weight excluding hydrogens is 318 g/mol. The number of hydrogen-bond acceptors (Lipinski definition) is 4. The van der Waals surface area contributed by atoms with Gasteiger partial charge >= 0.3 is 5.97 Å². The Morgan fingerprint density at radius 2 is 2.08 bits per heavy atom. The van der Waals surface area contributed by atoms with E-state index >= 15 is 0 Å². The number of aromatic nitrogens is 2. The van der Waals surface area contributed by atoms with Gasteiger partial charge in [0, 0.05) is 18.8 Å². The molecule has 0 saturated carbocycles. The van der Waals surface area contributed by atoms with Crippen LogP contribution in [0.4, 0.5) is 0 Å². The quantitative estimate of drug-likeness (QED) is 0.712. The summed E-state index contributed by atoms with van der Waals surface area (Å²) in [4.78, 5) is 21.1. The molecule has 0 bridgehead atoms. The van der Waals surface area contributed by atoms with Crippen LogP contribution in [0.15, 0.2) is 40.8 Å². The number of imidazole rings is 1. The molecule has 6 nitrogen and oxygen atoms in total. The van der Waals surface area contributed by atoms with Crippen molar-refractivity contribution < 1.29 is 18.8 Å². The largest absolute Gasteiger partial charge is 0.463 e. The first-order chi connectivity index (χ1) is 12.2. The highest BCUT2D eigenvalue weighted by molar-refractivity contribution is 5.86. The van der Waals surface area contributed by atoms with Crippen LogP contribution in [0, 0.1) is 0 Å². The Morgan fingerprint density at radius 3 is 2.84 bits per heavy atom. The molecule has 1 aliphatic heterocycles. The van der Waals surface area contributed by atoms with Gasteiger partial charge in [0.15, 0.2) is 5.76 Å². The number of para-hydroxylation sites is 2. The van der Waals surface area contributed by atoms with Crippen molar-refractivity contribution in [3.63, 3.8) is 0 Å². The third-order valence-corrected chi connectivity index (χ3v) is 4.96. The van der Waals surface area contributed by atoms with E-state index in [4.69, 9.17) is 9.40 Å². The van der Waals surface area contributed by atoms with Gasteiger partial charge in [-0.25, -0.2) is 9.78 Å². The molecule has 3 heterocycles. The van der Waals surface area contributed by atoms with E-state index in [-0.39, 0.29) is 5.76 Å². The third-order valence-electron chi connectivity index (χ3n) is 4.96. The molecule has 0 unspecified atom stereocenters. The second-order valence-electron chi connectivity index (χ2n) is 6.60. The summed E-state index contributed by atoms with van der Waals surface area (Å²) in [5.41, 5.74) is 2.15. The minimum Gasteiger partial charge on any atom is -0.463 e. The molecule has 25 heavy (non-hydrogen) atoms. The average molecular weight is 340 g/mol. The Labute approximate surface area is 145 Å². The number of fused-ring (bicyclic) bond motifs is 1. The molecule has 130 valence electrons. The first-order valence-corrected chi connectivity index (χ1v) is 8.68. The molecule has 1 saturated heterocycles. The smallest absolute Gasteiger partial charge is 0.373 e. The van der Waals surface area contributed by atoms with Crippen LogP contribution in [0.3, 0.4) is 0 Å². The first-order valence-electron chi connectivity index (χ1n) is 8.68. The van der Waals surface area contributed by atoms with Crippen molar-refractivity contribution in [3.05, 3.63) is 53.7 Å². The number of carbonyl (C=O) groups is 1. The van der Waals surface area contributed by atoms with Crippen LogP contribution in [-0.2, 0) is 11.3 Å². The van der Waals surface area contributed by atoms with Crippen molar-refractivity contribution in [2.45, 2.75) is 25.3 Å². The van der Waals surface area contributed by atoms with Crippen molar-refractivity contribution in [2.24, 2.45) is 0 Å². The predicted octanol–water partition coefficient (Wildman–Crippen LogP) is 1.90. The fraction of sp³-hybridized carbons (Fsp3) is 0.368. The molecule has 0 amide bonds. The van der Waals surface area contributed by atoms with Crippen molar-refractivity contribution in [2.75, 3.05) is 20.2 Å². The van der Waals surface area contributed by atoms with Gasteiger partial charge in [-0.1, -0.05) is 12.1 Å². The monoisotopic (exact) mass is 340 g/mol. The lowest BCUT2D eigenvalue weighted by molar-refractivity contribution is -0.920. The normalized spacial score (nSPS) is 20.7. The molecule has 0 spiro atoms. The predicted molar refractivity (Wildman–Crippen MR) is 92.5 cm³/mol. The SMILES string of the molecule is COC(=O)c1ccc(C[NH+]2CCC(c3nc4ccccc4[nH]3)CC2)o1. The number of hydrogen-bond donors (Lipinski definition) is 2. The Balaban J connectivity index is 1.36. The van der Waals surface area contributed by atoms with Gasteiger partial charge < -0.3 is 19.0 Å². The summed E-state index contributed by atoms with van der Waals surface area (Å²) in [6.07, 6.45) is 2.19. The summed E-state index contributed by atoms with van der Waals surface area (Å²) in [5, 5.41) is 0. The number of nitrogens with one attached hydrogen (secondary N) is 2. The number of carbonyl (C=O) groups excluding carboxylic acids is 1. The van der Waals surface area contributed by atoms with Crippen LogP contribution in [0.2, 0.25) is 0 Å². The Morgan fingerprint density at radius 1 is 1.28 bits per heavy atom. The second-order valence-corrected chi connectivity index (χ2v) is 6.60. The molecule has 1 fully saturated rings. The van der Waals surface area contributed by atoms with Crippen molar-refractivity contribution >= 4 is 17.0 Å².